The molecule has 118 valence electrons. The summed E-state index contributed by atoms with van der Waals surface area (Å²) in [5, 5.41) is 5.63. The average molecular weight is 295 g/mol. The van der Waals surface area contributed by atoms with Gasteiger partial charge in [0, 0.05) is 6.04 Å². The van der Waals surface area contributed by atoms with Gasteiger partial charge in [0.15, 0.2) is 0 Å². The van der Waals surface area contributed by atoms with Crippen molar-refractivity contribution in [1.29, 1.82) is 0 Å². The molecule has 2 aliphatic rings. The van der Waals surface area contributed by atoms with E-state index in [0.717, 1.165) is 24.2 Å². The van der Waals surface area contributed by atoms with Crippen LogP contribution in [-0.4, -0.2) is 40.9 Å². The lowest BCUT2D eigenvalue weighted by molar-refractivity contribution is -0.136. The van der Waals surface area contributed by atoms with Crippen LogP contribution in [0.25, 0.3) is 0 Å². The molecule has 2 N–H and O–H groups in total. The lowest BCUT2D eigenvalue weighted by Crippen LogP contribution is -2.49. The average Bonchev–Trinajstić information content (AvgIpc) is 2.64. The molecule has 1 aliphatic carbocycles. The van der Waals surface area contributed by atoms with Crippen LogP contribution in [0.5, 0.6) is 0 Å². The summed E-state index contributed by atoms with van der Waals surface area (Å²) < 4.78 is 0. The maximum atomic E-state index is 12.5. The quantitative estimate of drug-likeness (QED) is 0.770. The third kappa shape index (κ3) is 3.19. The van der Waals surface area contributed by atoms with Crippen LogP contribution >= 0.6 is 0 Å². The SMILES string of the molecule is CC(C)[C@@H](C)NC(=O)CN1C(=O)NC2(CCCCC2)C1=O. The van der Waals surface area contributed by atoms with Gasteiger partial charge in [-0.2, -0.15) is 0 Å². The molecule has 0 bridgehead atoms. The van der Waals surface area contributed by atoms with Gasteiger partial charge in [0.05, 0.1) is 0 Å². The van der Waals surface area contributed by atoms with Gasteiger partial charge in [0.2, 0.25) is 5.91 Å². The number of hydrogen-bond acceptors (Lipinski definition) is 3. The van der Waals surface area contributed by atoms with Crippen LogP contribution < -0.4 is 10.6 Å². The molecule has 1 saturated heterocycles. The third-order valence-corrected chi connectivity index (χ3v) is 4.64. The topological polar surface area (TPSA) is 78.5 Å². The standard InChI is InChI=1S/C15H25N3O3/c1-10(2)11(3)16-12(19)9-18-13(20)15(17-14(18)21)7-5-4-6-8-15/h10-11H,4-9H2,1-3H3,(H,16,19)(H,17,21)/t11-/m1/s1. The predicted octanol–water partition coefficient (Wildman–Crippen LogP) is 1.40. The van der Waals surface area contributed by atoms with Crippen LogP contribution in [0.15, 0.2) is 0 Å². The Morgan fingerprint density at radius 1 is 1.24 bits per heavy atom. The van der Waals surface area contributed by atoms with E-state index in [-0.39, 0.29) is 24.4 Å². The first kappa shape index (κ1) is 15.8. The Hall–Kier alpha value is -1.59. The Labute approximate surface area is 125 Å². The van der Waals surface area contributed by atoms with E-state index in [1.54, 1.807) is 0 Å². The Morgan fingerprint density at radius 2 is 1.86 bits per heavy atom. The molecule has 2 fully saturated rings. The summed E-state index contributed by atoms with van der Waals surface area (Å²) in [6.07, 6.45) is 4.33. The van der Waals surface area contributed by atoms with E-state index in [4.69, 9.17) is 0 Å². The molecule has 1 atom stereocenters. The molecule has 4 amide bonds. The first-order valence-electron chi connectivity index (χ1n) is 7.79. The minimum absolute atomic E-state index is 0.0157. The highest BCUT2D eigenvalue weighted by Gasteiger charge is 2.51. The molecular weight excluding hydrogens is 270 g/mol. The molecule has 1 spiro atoms. The molecule has 0 aromatic rings. The molecule has 1 heterocycles. The fraction of sp³-hybridized carbons (Fsp3) is 0.800. The van der Waals surface area contributed by atoms with E-state index in [2.05, 4.69) is 10.6 Å². The Balaban J connectivity index is 1.99. The number of nitrogens with one attached hydrogen (secondary N) is 2. The molecule has 6 nitrogen and oxygen atoms in total. The second-order valence-corrected chi connectivity index (χ2v) is 6.56. The van der Waals surface area contributed by atoms with Gasteiger partial charge in [0.1, 0.15) is 12.1 Å². The molecule has 21 heavy (non-hydrogen) atoms. The summed E-state index contributed by atoms with van der Waals surface area (Å²) in [4.78, 5) is 37.6. The Morgan fingerprint density at radius 3 is 2.43 bits per heavy atom. The Kier molecular flexibility index (Phi) is 4.54. The van der Waals surface area contributed by atoms with Gasteiger partial charge < -0.3 is 10.6 Å². The molecule has 0 radical (unpaired) electrons. The van der Waals surface area contributed by atoms with Gasteiger partial charge in [-0.25, -0.2) is 4.79 Å². The lowest BCUT2D eigenvalue weighted by Gasteiger charge is -2.30. The lowest BCUT2D eigenvalue weighted by atomic mass is 9.82. The molecule has 0 unspecified atom stereocenters. The zero-order valence-electron chi connectivity index (χ0n) is 13.1. The number of urea groups is 1. The predicted molar refractivity (Wildman–Crippen MR) is 78.5 cm³/mol. The van der Waals surface area contributed by atoms with Crippen molar-refractivity contribution in [2.45, 2.75) is 64.5 Å². The molecule has 0 aromatic carbocycles. The fourth-order valence-corrected chi connectivity index (χ4v) is 2.92. The number of amides is 4. The van der Waals surface area contributed by atoms with Crippen molar-refractivity contribution in [2.75, 3.05) is 6.54 Å². The first-order valence-corrected chi connectivity index (χ1v) is 7.79. The minimum Gasteiger partial charge on any atom is -0.352 e. The number of hydrogen-bond donors (Lipinski definition) is 2. The number of nitrogens with zero attached hydrogens (tertiary/aromatic N) is 1. The van der Waals surface area contributed by atoms with Crippen molar-refractivity contribution in [2.24, 2.45) is 5.92 Å². The van der Waals surface area contributed by atoms with Crippen LogP contribution in [0.4, 0.5) is 4.79 Å². The first-order chi connectivity index (χ1) is 9.85. The van der Waals surface area contributed by atoms with E-state index >= 15 is 0 Å². The highest BCUT2D eigenvalue weighted by Crippen LogP contribution is 2.33. The zero-order chi connectivity index (χ0) is 15.6. The Bertz CT molecular complexity index is 441. The second kappa shape index (κ2) is 6.03. The fourth-order valence-electron chi connectivity index (χ4n) is 2.92. The zero-order valence-corrected chi connectivity index (χ0v) is 13.1. The van der Waals surface area contributed by atoms with E-state index in [0.29, 0.717) is 18.8 Å². The van der Waals surface area contributed by atoms with Gasteiger partial charge in [0.25, 0.3) is 5.91 Å². The van der Waals surface area contributed by atoms with Crippen molar-refractivity contribution in [3.05, 3.63) is 0 Å². The van der Waals surface area contributed by atoms with Gasteiger partial charge in [-0.1, -0.05) is 33.1 Å². The van der Waals surface area contributed by atoms with Gasteiger partial charge in [-0.3, -0.25) is 14.5 Å². The number of imide groups is 1. The minimum atomic E-state index is -0.751. The number of carbonyl (C=O) groups is 3. The largest absolute Gasteiger partial charge is 0.352 e. The summed E-state index contributed by atoms with van der Waals surface area (Å²) in [7, 11) is 0. The van der Waals surface area contributed by atoms with Gasteiger partial charge in [-0.15, -0.1) is 0 Å². The van der Waals surface area contributed by atoms with Crippen LogP contribution in [0.2, 0.25) is 0 Å². The molecule has 1 aliphatic heterocycles. The molecule has 0 aromatic heterocycles. The van der Waals surface area contributed by atoms with Gasteiger partial charge >= 0.3 is 6.03 Å². The summed E-state index contributed by atoms with van der Waals surface area (Å²) in [5.41, 5.74) is -0.751. The van der Waals surface area contributed by atoms with E-state index in [1.807, 2.05) is 20.8 Å². The van der Waals surface area contributed by atoms with Gasteiger partial charge in [-0.05, 0) is 25.7 Å². The van der Waals surface area contributed by atoms with Crippen molar-refractivity contribution in [3.8, 4) is 0 Å². The molecule has 6 heteroatoms. The van der Waals surface area contributed by atoms with Crippen LogP contribution in [0.3, 0.4) is 0 Å². The maximum absolute atomic E-state index is 12.5. The smallest absolute Gasteiger partial charge is 0.325 e. The van der Waals surface area contributed by atoms with E-state index in [1.165, 1.54) is 0 Å². The van der Waals surface area contributed by atoms with Crippen molar-refractivity contribution >= 4 is 17.8 Å². The monoisotopic (exact) mass is 295 g/mol. The van der Waals surface area contributed by atoms with Crippen molar-refractivity contribution in [1.82, 2.24) is 15.5 Å². The summed E-state index contributed by atoms with van der Waals surface area (Å²) >= 11 is 0. The summed E-state index contributed by atoms with van der Waals surface area (Å²) in [6, 6.07) is -0.420. The highest BCUT2D eigenvalue weighted by atomic mass is 16.2. The number of carbonyl (C=O) groups excluding carboxylic acids is 3. The summed E-state index contributed by atoms with van der Waals surface area (Å²) in [6.45, 7) is 5.74. The number of rotatable bonds is 4. The molecular formula is C15H25N3O3. The highest BCUT2D eigenvalue weighted by molar-refractivity contribution is 6.09. The summed E-state index contributed by atoms with van der Waals surface area (Å²) in [5.74, 6) is -0.214. The van der Waals surface area contributed by atoms with Crippen LogP contribution in [-0.2, 0) is 9.59 Å². The van der Waals surface area contributed by atoms with Crippen LogP contribution in [0, 0.1) is 5.92 Å². The maximum Gasteiger partial charge on any atom is 0.325 e. The van der Waals surface area contributed by atoms with Crippen molar-refractivity contribution in [3.63, 3.8) is 0 Å². The molecule has 1 saturated carbocycles. The van der Waals surface area contributed by atoms with Crippen molar-refractivity contribution < 1.29 is 14.4 Å². The van der Waals surface area contributed by atoms with E-state index in [9.17, 15) is 14.4 Å². The third-order valence-electron chi connectivity index (χ3n) is 4.64. The molecule has 2 rings (SSSR count). The normalized spacial score (nSPS) is 22.6. The second-order valence-electron chi connectivity index (χ2n) is 6.56. The van der Waals surface area contributed by atoms with Crippen LogP contribution in [0.1, 0.15) is 52.9 Å². The van der Waals surface area contributed by atoms with E-state index < -0.39 is 11.6 Å².